The third-order valence-electron chi connectivity index (χ3n) is 2.21. The van der Waals surface area contributed by atoms with Crippen LogP contribution in [0.3, 0.4) is 0 Å². The molecule has 1 aliphatic heterocycles. The van der Waals surface area contributed by atoms with E-state index >= 15 is 0 Å². The Kier molecular flexibility index (Phi) is 3.05. The van der Waals surface area contributed by atoms with Crippen LogP contribution in [0.4, 0.5) is 0 Å². The van der Waals surface area contributed by atoms with Crippen LogP contribution < -0.4 is 11.1 Å². The van der Waals surface area contributed by atoms with E-state index in [1.165, 1.54) is 5.57 Å². The summed E-state index contributed by atoms with van der Waals surface area (Å²) in [5, 5.41) is 3.26. The number of nitrogens with one attached hydrogen (secondary N) is 1. The number of furan rings is 1. The number of hydrogen-bond acceptors (Lipinski definition) is 3. The molecule has 2 heterocycles. The van der Waals surface area contributed by atoms with Gasteiger partial charge >= 0.3 is 0 Å². The van der Waals surface area contributed by atoms with E-state index in [0.29, 0.717) is 0 Å². The van der Waals surface area contributed by atoms with Crippen LogP contribution in [0.5, 0.6) is 0 Å². The maximum atomic E-state index is 5.81. The van der Waals surface area contributed by atoms with Crippen molar-refractivity contribution in [3.63, 3.8) is 0 Å². The largest absolute Gasteiger partial charge is 0.454 e. The average molecular weight is 257 g/mol. The van der Waals surface area contributed by atoms with Crippen molar-refractivity contribution in [1.29, 1.82) is 0 Å². The summed E-state index contributed by atoms with van der Waals surface area (Å²) in [5.41, 5.74) is 7.10. The molecule has 0 aromatic carbocycles. The second-order valence-electron chi connectivity index (χ2n) is 3.50. The van der Waals surface area contributed by atoms with Crippen LogP contribution in [0.2, 0.25) is 0 Å². The normalized spacial score (nSPS) is 22.1. The van der Waals surface area contributed by atoms with Crippen LogP contribution in [0.1, 0.15) is 5.76 Å². The summed E-state index contributed by atoms with van der Waals surface area (Å²) >= 11 is 3.28. The maximum Gasteiger partial charge on any atom is 0.169 e. The number of nitrogens with two attached hydrogens (primary N) is 1. The van der Waals surface area contributed by atoms with Gasteiger partial charge in [-0.05, 0) is 28.1 Å². The Bertz CT molecular complexity index is 346. The van der Waals surface area contributed by atoms with Gasteiger partial charge in [0.25, 0.3) is 0 Å². The Hall–Kier alpha value is -0.580. The molecule has 0 saturated heterocycles. The highest BCUT2D eigenvalue weighted by molar-refractivity contribution is 9.10. The highest BCUT2D eigenvalue weighted by atomic mass is 79.9. The van der Waals surface area contributed by atoms with Crippen LogP contribution in [0, 0.1) is 0 Å². The van der Waals surface area contributed by atoms with Crippen molar-refractivity contribution in [2.75, 3.05) is 13.1 Å². The molecule has 1 aromatic heterocycles. The lowest BCUT2D eigenvalue weighted by molar-refractivity contribution is 0.491. The summed E-state index contributed by atoms with van der Waals surface area (Å²) in [6.07, 6.45) is 2.96. The topological polar surface area (TPSA) is 51.2 Å². The Morgan fingerprint density at radius 3 is 3.07 bits per heavy atom. The summed E-state index contributed by atoms with van der Waals surface area (Å²) in [7, 11) is 0. The molecule has 0 bridgehead atoms. The van der Waals surface area contributed by atoms with Crippen LogP contribution in [0.25, 0.3) is 0 Å². The van der Waals surface area contributed by atoms with Gasteiger partial charge in [-0.1, -0.05) is 11.6 Å². The Morgan fingerprint density at radius 1 is 1.57 bits per heavy atom. The summed E-state index contributed by atoms with van der Waals surface area (Å²) in [5.74, 6) is 0.971. The van der Waals surface area contributed by atoms with Crippen molar-refractivity contribution < 1.29 is 4.42 Å². The average Bonchev–Trinajstić information content (AvgIpc) is 2.51. The van der Waals surface area contributed by atoms with E-state index in [9.17, 15) is 0 Å². The lowest BCUT2D eigenvalue weighted by Crippen LogP contribution is -2.38. The highest BCUT2D eigenvalue weighted by Gasteiger charge is 2.10. The Labute approximate surface area is 91.5 Å². The van der Waals surface area contributed by atoms with Gasteiger partial charge in [0, 0.05) is 25.6 Å². The molecule has 1 atom stereocenters. The minimum atomic E-state index is 0.136. The van der Waals surface area contributed by atoms with E-state index in [0.717, 1.165) is 29.9 Å². The monoisotopic (exact) mass is 256 g/mol. The van der Waals surface area contributed by atoms with Gasteiger partial charge in [0.1, 0.15) is 5.76 Å². The first-order valence-corrected chi connectivity index (χ1v) is 5.43. The fraction of sp³-hybridized carbons (Fsp3) is 0.400. The molecule has 0 saturated carbocycles. The Balaban J connectivity index is 2.03. The van der Waals surface area contributed by atoms with Gasteiger partial charge in [0.2, 0.25) is 0 Å². The molecule has 0 aliphatic carbocycles. The molecular formula is C10H13BrN2O. The quantitative estimate of drug-likeness (QED) is 0.788. The van der Waals surface area contributed by atoms with Crippen LogP contribution >= 0.6 is 15.9 Å². The molecule has 4 heteroatoms. The van der Waals surface area contributed by atoms with Crippen molar-refractivity contribution in [1.82, 2.24) is 5.32 Å². The first-order valence-electron chi connectivity index (χ1n) is 4.64. The molecule has 0 radical (unpaired) electrons. The van der Waals surface area contributed by atoms with Crippen LogP contribution in [-0.4, -0.2) is 19.1 Å². The van der Waals surface area contributed by atoms with E-state index in [1.807, 2.05) is 12.1 Å². The minimum Gasteiger partial charge on any atom is -0.454 e. The van der Waals surface area contributed by atoms with Gasteiger partial charge in [-0.3, -0.25) is 0 Å². The first kappa shape index (κ1) is 9.96. The van der Waals surface area contributed by atoms with Crippen LogP contribution in [0.15, 0.2) is 32.9 Å². The molecular weight excluding hydrogens is 244 g/mol. The van der Waals surface area contributed by atoms with Gasteiger partial charge in [0.15, 0.2) is 4.67 Å². The summed E-state index contributed by atoms with van der Waals surface area (Å²) in [6.45, 7) is 1.78. The van der Waals surface area contributed by atoms with Crippen molar-refractivity contribution in [2.45, 2.75) is 12.5 Å². The van der Waals surface area contributed by atoms with Gasteiger partial charge < -0.3 is 15.5 Å². The van der Waals surface area contributed by atoms with Gasteiger partial charge in [0.05, 0.1) is 0 Å². The smallest absolute Gasteiger partial charge is 0.169 e. The van der Waals surface area contributed by atoms with Crippen molar-refractivity contribution >= 4 is 15.9 Å². The molecule has 1 aliphatic rings. The molecule has 0 fully saturated rings. The summed E-state index contributed by atoms with van der Waals surface area (Å²) in [4.78, 5) is 0. The van der Waals surface area contributed by atoms with Crippen LogP contribution in [-0.2, 0) is 6.42 Å². The van der Waals surface area contributed by atoms with Crippen molar-refractivity contribution in [2.24, 2.45) is 5.73 Å². The minimum absolute atomic E-state index is 0.136. The molecule has 1 aromatic rings. The van der Waals surface area contributed by atoms with Gasteiger partial charge in [-0.2, -0.15) is 0 Å². The lowest BCUT2D eigenvalue weighted by Gasteiger charge is -2.18. The maximum absolute atomic E-state index is 5.81. The zero-order valence-electron chi connectivity index (χ0n) is 7.79. The van der Waals surface area contributed by atoms with E-state index in [-0.39, 0.29) is 6.04 Å². The summed E-state index contributed by atoms with van der Waals surface area (Å²) < 4.78 is 6.21. The predicted molar refractivity (Wildman–Crippen MR) is 59.0 cm³/mol. The van der Waals surface area contributed by atoms with Gasteiger partial charge in [-0.15, -0.1) is 0 Å². The van der Waals surface area contributed by atoms with E-state index < -0.39 is 0 Å². The predicted octanol–water partition coefficient (Wildman–Crippen LogP) is 1.44. The molecule has 0 amide bonds. The second kappa shape index (κ2) is 4.29. The fourth-order valence-electron chi connectivity index (χ4n) is 1.61. The molecule has 3 N–H and O–H groups in total. The molecule has 76 valence electrons. The standard InChI is InChI=1S/C10H13BrN2O/c11-10-2-1-9(14-10)4-7-3-8(12)6-13-5-7/h1-3,8,13H,4-6,12H2. The van der Waals surface area contributed by atoms with E-state index in [2.05, 4.69) is 27.3 Å². The molecule has 14 heavy (non-hydrogen) atoms. The van der Waals surface area contributed by atoms with Crippen molar-refractivity contribution in [3.05, 3.63) is 34.2 Å². The van der Waals surface area contributed by atoms with E-state index in [4.69, 9.17) is 10.2 Å². The van der Waals surface area contributed by atoms with E-state index in [1.54, 1.807) is 0 Å². The third-order valence-corrected chi connectivity index (χ3v) is 2.64. The van der Waals surface area contributed by atoms with Crippen molar-refractivity contribution in [3.8, 4) is 0 Å². The number of halogens is 1. The Morgan fingerprint density at radius 2 is 2.43 bits per heavy atom. The second-order valence-corrected chi connectivity index (χ2v) is 4.28. The fourth-order valence-corrected chi connectivity index (χ4v) is 1.95. The molecule has 1 unspecified atom stereocenters. The van der Waals surface area contributed by atoms with Gasteiger partial charge in [-0.25, -0.2) is 0 Å². The first-order chi connectivity index (χ1) is 6.74. The molecule has 0 spiro atoms. The summed E-state index contributed by atoms with van der Waals surface area (Å²) in [6, 6.07) is 4.02. The zero-order chi connectivity index (χ0) is 9.97. The SMILES string of the molecule is NC1C=C(Cc2ccc(Br)o2)CNC1. The number of hydrogen-bond donors (Lipinski definition) is 2. The zero-order valence-corrected chi connectivity index (χ0v) is 9.38. The molecule has 2 rings (SSSR count). The lowest BCUT2D eigenvalue weighted by atomic mass is 10.0. The molecule has 3 nitrogen and oxygen atoms in total. The third kappa shape index (κ3) is 2.47. The highest BCUT2D eigenvalue weighted by Crippen LogP contribution is 2.17. The number of rotatable bonds is 2.